The second-order valence-electron chi connectivity index (χ2n) is 7.93. The number of aromatic nitrogens is 5. The highest BCUT2D eigenvalue weighted by atomic mass is 35.5. The first-order valence-electron chi connectivity index (χ1n) is 10.6. The molecule has 0 radical (unpaired) electrons. The van der Waals surface area contributed by atoms with Crippen LogP contribution in [0.1, 0.15) is 32.4 Å². The molecule has 0 bridgehead atoms. The zero-order chi connectivity index (χ0) is 21.4. The zero-order valence-electron chi connectivity index (χ0n) is 17.4. The van der Waals surface area contributed by atoms with Crippen LogP contribution in [0.25, 0.3) is 22.4 Å². The van der Waals surface area contributed by atoms with Gasteiger partial charge in [-0.15, -0.1) is 0 Å². The minimum Gasteiger partial charge on any atom is -0.377 e. The Balaban J connectivity index is 1.69. The Labute approximate surface area is 185 Å². The normalized spacial score (nSPS) is 22.0. The van der Waals surface area contributed by atoms with Crippen LogP contribution in [-0.2, 0) is 16.0 Å². The first-order valence-corrected chi connectivity index (χ1v) is 11.0. The summed E-state index contributed by atoms with van der Waals surface area (Å²) in [6.07, 6.45) is 4.67. The summed E-state index contributed by atoms with van der Waals surface area (Å²) in [6.45, 7) is 4.94. The van der Waals surface area contributed by atoms with Crippen molar-refractivity contribution < 1.29 is 9.47 Å². The predicted molar refractivity (Wildman–Crippen MR) is 116 cm³/mol. The van der Waals surface area contributed by atoms with Gasteiger partial charge in [0.15, 0.2) is 6.23 Å². The van der Waals surface area contributed by atoms with Crippen molar-refractivity contribution in [1.29, 1.82) is 5.26 Å². The molecule has 0 amide bonds. The van der Waals surface area contributed by atoms with E-state index in [0.29, 0.717) is 29.6 Å². The van der Waals surface area contributed by atoms with E-state index < -0.39 is 0 Å². The van der Waals surface area contributed by atoms with Crippen molar-refractivity contribution >= 4 is 28.3 Å². The van der Waals surface area contributed by atoms with Gasteiger partial charge in [-0.3, -0.25) is 0 Å². The second-order valence-corrected chi connectivity index (χ2v) is 8.31. The molecule has 2 atom stereocenters. The number of hydrogen-bond acceptors (Lipinski definition) is 7. The first-order chi connectivity index (χ1) is 15.2. The van der Waals surface area contributed by atoms with E-state index in [0.717, 1.165) is 49.3 Å². The molecule has 2 aliphatic heterocycles. The molecular weight excluding hydrogens is 418 g/mol. The lowest BCUT2D eigenvalue weighted by atomic mass is 10.1. The van der Waals surface area contributed by atoms with E-state index in [9.17, 15) is 5.26 Å². The number of rotatable bonds is 4. The van der Waals surface area contributed by atoms with E-state index in [1.54, 1.807) is 10.9 Å². The summed E-state index contributed by atoms with van der Waals surface area (Å²) in [5, 5.41) is 19.2. The van der Waals surface area contributed by atoms with Crippen LogP contribution in [0.4, 0.5) is 5.69 Å². The van der Waals surface area contributed by atoms with Gasteiger partial charge in [-0.1, -0.05) is 11.6 Å². The number of ether oxygens (including phenoxy) is 2. The maximum absolute atomic E-state index is 9.46. The lowest BCUT2D eigenvalue weighted by Crippen LogP contribution is -2.44. The highest BCUT2D eigenvalue weighted by Crippen LogP contribution is 2.37. The average molecular weight is 442 g/mol. The smallest absolute Gasteiger partial charge is 0.150 e. The van der Waals surface area contributed by atoms with Crippen LogP contribution >= 0.6 is 11.6 Å². The van der Waals surface area contributed by atoms with E-state index in [4.69, 9.17) is 26.2 Å². The molecule has 3 aromatic heterocycles. The van der Waals surface area contributed by atoms with Gasteiger partial charge in [0, 0.05) is 31.5 Å². The van der Waals surface area contributed by atoms with Crippen molar-refractivity contribution in [2.24, 2.45) is 0 Å². The molecular formula is C21H24ClN7O2. The number of hydrogen-bond donors (Lipinski definition) is 0. The molecule has 0 saturated carbocycles. The molecule has 2 aliphatic rings. The molecule has 2 fully saturated rings. The van der Waals surface area contributed by atoms with E-state index in [2.05, 4.69) is 28.0 Å². The molecule has 5 heterocycles. The summed E-state index contributed by atoms with van der Waals surface area (Å²) >= 11 is 6.48. The van der Waals surface area contributed by atoms with Crippen LogP contribution in [0.15, 0.2) is 18.3 Å². The number of fused-ring (bicyclic) bond motifs is 1. The van der Waals surface area contributed by atoms with Crippen molar-refractivity contribution in [3.05, 3.63) is 23.5 Å². The van der Waals surface area contributed by atoms with Crippen LogP contribution in [0, 0.1) is 11.3 Å². The van der Waals surface area contributed by atoms with Crippen molar-refractivity contribution in [3.63, 3.8) is 0 Å². The lowest BCUT2D eigenvalue weighted by molar-refractivity contribution is -0.0384. The topological polar surface area (TPSA) is 94.0 Å². The largest absolute Gasteiger partial charge is 0.377 e. The fourth-order valence-electron chi connectivity index (χ4n) is 4.44. The van der Waals surface area contributed by atoms with E-state index >= 15 is 0 Å². The maximum atomic E-state index is 9.46. The van der Waals surface area contributed by atoms with Crippen LogP contribution in [0.2, 0.25) is 5.15 Å². The third-order valence-corrected chi connectivity index (χ3v) is 6.08. The van der Waals surface area contributed by atoms with Crippen LogP contribution < -0.4 is 4.90 Å². The Morgan fingerprint density at radius 1 is 1.32 bits per heavy atom. The van der Waals surface area contributed by atoms with E-state index in [-0.39, 0.29) is 18.8 Å². The Morgan fingerprint density at radius 3 is 3.00 bits per heavy atom. The molecule has 10 heteroatoms. The molecule has 0 aliphatic carbocycles. The van der Waals surface area contributed by atoms with Gasteiger partial charge in [-0.05, 0) is 32.3 Å². The van der Waals surface area contributed by atoms with Gasteiger partial charge >= 0.3 is 0 Å². The Kier molecular flexibility index (Phi) is 5.52. The summed E-state index contributed by atoms with van der Waals surface area (Å²) in [5.74, 6) is 0. The number of pyridine rings is 1. The standard InChI is InChI=1S/C21H24ClN7O2/c1-14-13-30-11-9-27(14)16-12-17(22)25-20-19(26-28(8-6-23)21(16)20)15-5-7-24-29(15)18-4-2-3-10-31-18/h5,7,12,14,18H,2-4,8-11,13H2,1H3/t14-,18?/m1/s1. The number of nitrogens with zero attached hydrogens (tertiary/aromatic N) is 7. The van der Waals surface area contributed by atoms with Crippen molar-refractivity contribution in [3.8, 4) is 17.5 Å². The number of nitriles is 1. The maximum Gasteiger partial charge on any atom is 0.150 e. The van der Waals surface area contributed by atoms with Crippen molar-refractivity contribution in [2.75, 3.05) is 31.3 Å². The molecule has 1 unspecified atom stereocenters. The third-order valence-electron chi connectivity index (χ3n) is 5.88. The molecule has 3 aromatic rings. The summed E-state index contributed by atoms with van der Waals surface area (Å²) in [7, 11) is 0. The van der Waals surface area contributed by atoms with Gasteiger partial charge in [0.25, 0.3) is 0 Å². The average Bonchev–Trinajstić information content (AvgIpc) is 3.39. The lowest BCUT2D eigenvalue weighted by Gasteiger charge is -2.35. The van der Waals surface area contributed by atoms with Crippen molar-refractivity contribution in [2.45, 2.75) is 45.0 Å². The van der Waals surface area contributed by atoms with Gasteiger partial charge in [-0.2, -0.15) is 15.5 Å². The molecule has 162 valence electrons. The fraction of sp³-hybridized carbons (Fsp3) is 0.524. The summed E-state index contributed by atoms with van der Waals surface area (Å²) in [4.78, 5) is 6.88. The monoisotopic (exact) mass is 441 g/mol. The molecule has 31 heavy (non-hydrogen) atoms. The Hall–Kier alpha value is -2.67. The van der Waals surface area contributed by atoms with Gasteiger partial charge in [0.05, 0.1) is 30.7 Å². The van der Waals surface area contributed by atoms with Gasteiger partial charge in [0.1, 0.15) is 28.4 Å². The number of halogens is 1. The van der Waals surface area contributed by atoms with E-state index in [1.165, 1.54) is 0 Å². The van der Waals surface area contributed by atoms with Crippen LogP contribution in [0.3, 0.4) is 0 Å². The summed E-state index contributed by atoms with van der Waals surface area (Å²) < 4.78 is 15.1. The molecule has 5 rings (SSSR count). The zero-order valence-corrected chi connectivity index (χ0v) is 18.1. The highest BCUT2D eigenvalue weighted by molar-refractivity contribution is 6.30. The third kappa shape index (κ3) is 3.65. The molecule has 9 nitrogen and oxygen atoms in total. The quantitative estimate of drug-likeness (QED) is 0.572. The van der Waals surface area contributed by atoms with Crippen molar-refractivity contribution in [1.82, 2.24) is 24.5 Å². The predicted octanol–water partition coefficient (Wildman–Crippen LogP) is 3.40. The molecule has 2 saturated heterocycles. The summed E-state index contributed by atoms with van der Waals surface area (Å²) in [5.41, 5.74) is 3.84. The van der Waals surface area contributed by atoms with Crippen LogP contribution in [-0.4, -0.2) is 57.0 Å². The Bertz CT molecular complexity index is 1130. The highest BCUT2D eigenvalue weighted by Gasteiger charge is 2.28. The number of anilines is 1. The van der Waals surface area contributed by atoms with Crippen LogP contribution in [0.5, 0.6) is 0 Å². The molecule has 0 N–H and O–H groups in total. The second kappa shape index (κ2) is 8.46. The van der Waals surface area contributed by atoms with Gasteiger partial charge in [-0.25, -0.2) is 14.3 Å². The van der Waals surface area contributed by atoms with Gasteiger partial charge in [0.2, 0.25) is 0 Å². The number of morpholine rings is 1. The molecule has 0 spiro atoms. The SMILES string of the molecule is C[C@@H]1COCCN1c1cc(Cl)nc2c(-c3ccnn3C3CCCCO3)nn(CC#N)c12. The minimum absolute atomic E-state index is 0.111. The minimum atomic E-state index is -0.132. The van der Waals surface area contributed by atoms with E-state index in [1.807, 2.05) is 16.8 Å². The summed E-state index contributed by atoms with van der Waals surface area (Å²) in [6, 6.07) is 6.16. The van der Waals surface area contributed by atoms with Gasteiger partial charge < -0.3 is 14.4 Å². The Morgan fingerprint density at radius 2 is 2.23 bits per heavy atom. The first kappa shape index (κ1) is 20.2. The molecule has 0 aromatic carbocycles. The fourth-order valence-corrected chi connectivity index (χ4v) is 4.63.